The van der Waals surface area contributed by atoms with Gasteiger partial charge in [0.15, 0.2) is 0 Å². The van der Waals surface area contributed by atoms with E-state index in [-0.39, 0.29) is 4.90 Å². The third-order valence-electron chi connectivity index (χ3n) is 3.54. The van der Waals surface area contributed by atoms with E-state index in [1.807, 2.05) is 38.1 Å². The van der Waals surface area contributed by atoms with Gasteiger partial charge in [-0.3, -0.25) is 4.72 Å². The molecule has 0 bridgehead atoms. The summed E-state index contributed by atoms with van der Waals surface area (Å²) in [7, 11) is -3.62. The molecule has 0 amide bonds. The number of hydrogen-bond acceptors (Lipinski definition) is 3. The van der Waals surface area contributed by atoms with E-state index in [2.05, 4.69) is 4.72 Å². The summed E-state index contributed by atoms with van der Waals surface area (Å²) in [4.78, 5) is 0.270. The lowest BCUT2D eigenvalue weighted by Crippen LogP contribution is -2.16. The van der Waals surface area contributed by atoms with Crippen LogP contribution in [-0.4, -0.2) is 8.42 Å². The molecule has 2 aromatic rings. The average Bonchev–Trinajstić information content (AvgIpc) is 2.42. The Hall–Kier alpha value is -1.85. The fraction of sp³-hybridized carbons (Fsp3) is 0.250. The lowest BCUT2D eigenvalue weighted by Gasteiger charge is -2.14. The Morgan fingerprint density at radius 1 is 1.10 bits per heavy atom. The maximum atomic E-state index is 12.6. The Morgan fingerprint density at radius 3 is 2.48 bits per heavy atom. The molecule has 0 saturated heterocycles. The van der Waals surface area contributed by atoms with Crippen LogP contribution in [0, 0.1) is 20.8 Å². The van der Waals surface area contributed by atoms with Gasteiger partial charge in [-0.15, -0.1) is 0 Å². The SMILES string of the molecule is Cc1ccc(C)c(NS(=O)(=O)c2cccc(CN)c2C)c1. The van der Waals surface area contributed by atoms with Gasteiger partial charge in [0.2, 0.25) is 0 Å². The van der Waals surface area contributed by atoms with Crippen molar-refractivity contribution in [2.24, 2.45) is 5.73 Å². The summed E-state index contributed by atoms with van der Waals surface area (Å²) in [6.07, 6.45) is 0. The van der Waals surface area contributed by atoms with E-state index in [9.17, 15) is 8.42 Å². The van der Waals surface area contributed by atoms with Crippen LogP contribution in [-0.2, 0) is 16.6 Å². The molecule has 4 nitrogen and oxygen atoms in total. The average molecular weight is 304 g/mol. The van der Waals surface area contributed by atoms with Crippen molar-refractivity contribution >= 4 is 15.7 Å². The molecule has 0 heterocycles. The third kappa shape index (κ3) is 3.25. The van der Waals surface area contributed by atoms with E-state index >= 15 is 0 Å². The van der Waals surface area contributed by atoms with Crippen LogP contribution < -0.4 is 10.5 Å². The first-order chi connectivity index (χ1) is 9.85. The molecular formula is C16H20N2O2S. The number of nitrogens with two attached hydrogens (primary N) is 1. The van der Waals surface area contributed by atoms with Crippen LogP contribution in [0.5, 0.6) is 0 Å². The topological polar surface area (TPSA) is 72.2 Å². The maximum Gasteiger partial charge on any atom is 0.262 e. The Balaban J connectivity index is 2.46. The molecule has 0 fully saturated rings. The molecule has 0 aliphatic heterocycles. The minimum Gasteiger partial charge on any atom is -0.326 e. The highest BCUT2D eigenvalue weighted by Crippen LogP contribution is 2.24. The molecule has 5 heteroatoms. The van der Waals surface area contributed by atoms with Crippen LogP contribution in [0.3, 0.4) is 0 Å². The first-order valence-corrected chi connectivity index (χ1v) is 8.22. The molecule has 3 N–H and O–H groups in total. The van der Waals surface area contributed by atoms with Crippen LogP contribution in [0.25, 0.3) is 0 Å². The van der Waals surface area contributed by atoms with Crippen molar-refractivity contribution in [3.8, 4) is 0 Å². The second-order valence-electron chi connectivity index (χ2n) is 5.17. The van der Waals surface area contributed by atoms with E-state index in [0.29, 0.717) is 17.8 Å². The van der Waals surface area contributed by atoms with Crippen LogP contribution >= 0.6 is 0 Å². The molecule has 0 spiro atoms. The van der Waals surface area contributed by atoms with E-state index in [4.69, 9.17) is 5.73 Å². The van der Waals surface area contributed by atoms with Crippen molar-refractivity contribution in [1.29, 1.82) is 0 Å². The molecule has 0 aliphatic carbocycles. The first-order valence-electron chi connectivity index (χ1n) is 6.74. The standard InChI is InChI=1S/C16H20N2O2S/c1-11-7-8-12(2)15(9-11)18-21(19,20)16-6-4-5-14(10-17)13(16)3/h4-9,18H,10,17H2,1-3H3. The highest BCUT2D eigenvalue weighted by atomic mass is 32.2. The summed E-state index contributed by atoms with van der Waals surface area (Å²) in [6, 6.07) is 10.8. The number of sulfonamides is 1. The van der Waals surface area contributed by atoms with E-state index in [1.165, 1.54) is 0 Å². The molecule has 0 atom stereocenters. The van der Waals surface area contributed by atoms with Crippen LogP contribution in [0.4, 0.5) is 5.69 Å². The second kappa shape index (κ2) is 5.87. The van der Waals surface area contributed by atoms with Gasteiger partial charge in [0.25, 0.3) is 10.0 Å². The van der Waals surface area contributed by atoms with Crippen molar-refractivity contribution in [2.75, 3.05) is 4.72 Å². The predicted molar refractivity (Wildman–Crippen MR) is 85.8 cm³/mol. The van der Waals surface area contributed by atoms with E-state index in [1.54, 1.807) is 19.1 Å². The fourth-order valence-corrected chi connectivity index (χ4v) is 3.63. The van der Waals surface area contributed by atoms with Gasteiger partial charge < -0.3 is 5.73 Å². The van der Waals surface area contributed by atoms with Crippen molar-refractivity contribution in [1.82, 2.24) is 0 Å². The van der Waals surface area contributed by atoms with Gasteiger partial charge in [-0.05, 0) is 55.2 Å². The van der Waals surface area contributed by atoms with Crippen LogP contribution in [0.15, 0.2) is 41.3 Å². The van der Waals surface area contributed by atoms with Crippen molar-refractivity contribution in [2.45, 2.75) is 32.2 Å². The van der Waals surface area contributed by atoms with Crippen LogP contribution in [0.2, 0.25) is 0 Å². The smallest absolute Gasteiger partial charge is 0.262 e. The number of aryl methyl sites for hydroxylation is 2. The monoisotopic (exact) mass is 304 g/mol. The highest BCUT2D eigenvalue weighted by Gasteiger charge is 2.19. The minimum absolute atomic E-state index is 0.270. The van der Waals surface area contributed by atoms with Gasteiger partial charge in [0, 0.05) is 6.54 Å². The minimum atomic E-state index is -3.62. The Bertz CT molecular complexity index is 768. The Kier molecular flexibility index (Phi) is 4.34. The summed E-state index contributed by atoms with van der Waals surface area (Å²) < 4.78 is 27.9. The zero-order chi connectivity index (χ0) is 15.6. The quantitative estimate of drug-likeness (QED) is 0.912. The number of benzene rings is 2. The van der Waals surface area contributed by atoms with Gasteiger partial charge >= 0.3 is 0 Å². The Labute approximate surface area is 126 Å². The maximum absolute atomic E-state index is 12.6. The molecule has 0 unspecified atom stereocenters. The molecule has 2 rings (SSSR count). The predicted octanol–water partition coefficient (Wildman–Crippen LogP) is 2.87. The van der Waals surface area contributed by atoms with E-state index in [0.717, 1.165) is 16.7 Å². The molecular weight excluding hydrogens is 284 g/mol. The summed E-state index contributed by atoms with van der Waals surface area (Å²) in [5.41, 5.74) is 9.66. The molecule has 21 heavy (non-hydrogen) atoms. The summed E-state index contributed by atoms with van der Waals surface area (Å²) in [5.74, 6) is 0. The van der Waals surface area contributed by atoms with Gasteiger partial charge in [0.1, 0.15) is 0 Å². The number of hydrogen-bond donors (Lipinski definition) is 2. The van der Waals surface area contributed by atoms with Gasteiger partial charge in [-0.1, -0.05) is 24.3 Å². The van der Waals surface area contributed by atoms with Crippen molar-refractivity contribution in [3.63, 3.8) is 0 Å². The fourth-order valence-electron chi connectivity index (χ4n) is 2.22. The van der Waals surface area contributed by atoms with Crippen molar-refractivity contribution in [3.05, 3.63) is 58.7 Å². The lowest BCUT2D eigenvalue weighted by molar-refractivity contribution is 0.600. The Morgan fingerprint density at radius 2 is 1.81 bits per heavy atom. The number of anilines is 1. The van der Waals surface area contributed by atoms with Crippen molar-refractivity contribution < 1.29 is 8.42 Å². The second-order valence-corrected chi connectivity index (χ2v) is 6.82. The largest absolute Gasteiger partial charge is 0.326 e. The highest BCUT2D eigenvalue weighted by molar-refractivity contribution is 7.92. The molecule has 0 aromatic heterocycles. The summed E-state index contributed by atoms with van der Waals surface area (Å²) in [6.45, 7) is 5.90. The molecule has 112 valence electrons. The number of nitrogens with one attached hydrogen (secondary N) is 1. The number of rotatable bonds is 4. The lowest BCUT2D eigenvalue weighted by atomic mass is 10.1. The normalized spacial score (nSPS) is 11.4. The van der Waals surface area contributed by atoms with Gasteiger partial charge in [-0.25, -0.2) is 8.42 Å². The molecule has 0 saturated carbocycles. The van der Waals surface area contributed by atoms with E-state index < -0.39 is 10.0 Å². The van der Waals surface area contributed by atoms with Crippen LogP contribution in [0.1, 0.15) is 22.3 Å². The zero-order valence-electron chi connectivity index (χ0n) is 12.5. The summed E-state index contributed by atoms with van der Waals surface area (Å²) >= 11 is 0. The summed E-state index contributed by atoms with van der Waals surface area (Å²) in [5, 5.41) is 0. The molecule has 0 aliphatic rings. The third-order valence-corrected chi connectivity index (χ3v) is 5.05. The molecule has 0 radical (unpaired) electrons. The zero-order valence-corrected chi connectivity index (χ0v) is 13.3. The first kappa shape index (κ1) is 15.5. The molecule has 2 aromatic carbocycles. The van der Waals surface area contributed by atoms with Gasteiger partial charge in [-0.2, -0.15) is 0 Å². The van der Waals surface area contributed by atoms with Gasteiger partial charge in [0.05, 0.1) is 10.6 Å².